The van der Waals surface area contributed by atoms with Gasteiger partial charge >= 0.3 is 5.00 Å². The van der Waals surface area contributed by atoms with Crippen molar-refractivity contribution in [3.05, 3.63) is 50.9 Å². The number of thiophene rings is 1. The first-order valence-corrected chi connectivity index (χ1v) is 10.2. The molecular formula is C18H21N4O3S2+. The van der Waals surface area contributed by atoms with Crippen molar-refractivity contribution in [3.63, 3.8) is 0 Å². The van der Waals surface area contributed by atoms with Gasteiger partial charge in [0.15, 0.2) is 5.13 Å². The number of aromatic nitrogens is 1. The van der Waals surface area contributed by atoms with E-state index < -0.39 is 4.92 Å². The Balaban J connectivity index is 1.94. The van der Waals surface area contributed by atoms with Gasteiger partial charge in [0.25, 0.3) is 5.91 Å². The van der Waals surface area contributed by atoms with E-state index in [4.69, 9.17) is 0 Å². The Hall–Kier alpha value is -2.36. The maximum atomic E-state index is 13.1. The van der Waals surface area contributed by atoms with Gasteiger partial charge in [0.05, 0.1) is 40.7 Å². The highest BCUT2D eigenvalue weighted by atomic mass is 32.1. The predicted octanol–water partition coefficient (Wildman–Crippen LogP) is 2.76. The number of carbonyl (C=O) groups is 1. The summed E-state index contributed by atoms with van der Waals surface area (Å²) < 4.78 is 1.03. The number of nitrogens with zero attached hydrogens (tertiary/aromatic N) is 3. The van der Waals surface area contributed by atoms with Crippen LogP contribution in [-0.2, 0) is 0 Å². The molecule has 1 amide bonds. The summed E-state index contributed by atoms with van der Waals surface area (Å²) in [7, 11) is 4.13. The van der Waals surface area contributed by atoms with Crippen molar-refractivity contribution in [2.45, 2.75) is 13.3 Å². The van der Waals surface area contributed by atoms with Gasteiger partial charge in [0, 0.05) is 19.0 Å². The van der Waals surface area contributed by atoms with Crippen LogP contribution in [0.3, 0.4) is 0 Å². The fraction of sp³-hybridized carbons (Fsp3) is 0.333. The van der Waals surface area contributed by atoms with Crippen LogP contribution < -0.4 is 9.80 Å². The Kier molecular flexibility index (Phi) is 5.83. The molecular weight excluding hydrogens is 384 g/mol. The van der Waals surface area contributed by atoms with E-state index in [9.17, 15) is 14.9 Å². The van der Waals surface area contributed by atoms with Crippen molar-refractivity contribution in [3.8, 4) is 0 Å². The van der Waals surface area contributed by atoms with Crippen molar-refractivity contribution in [2.75, 3.05) is 32.1 Å². The molecule has 1 N–H and O–H groups in total. The number of carbonyl (C=O) groups excluding carboxylic acids is 1. The van der Waals surface area contributed by atoms with E-state index in [2.05, 4.69) is 19.1 Å². The van der Waals surface area contributed by atoms with Crippen molar-refractivity contribution >= 4 is 48.9 Å². The number of nitro groups is 1. The van der Waals surface area contributed by atoms with E-state index in [0.717, 1.165) is 40.1 Å². The molecule has 142 valence electrons. The van der Waals surface area contributed by atoms with E-state index >= 15 is 0 Å². The second-order valence-corrected chi connectivity index (χ2v) is 8.65. The average Bonchev–Trinajstić information content (AvgIpc) is 3.25. The molecule has 0 aliphatic carbocycles. The number of aryl methyl sites for hydroxylation is 1. The standard InChI is InChI=1S/C18H20N4O3S2/c1-12-6-4-7-13-16(12)19-18(27-13)21(11-5-10-20(2)3)17(23)14-8-9-15(26-14)22(24)25/h4,6-9H,5,10-11H2,1-3H3/p+1. The van der Waals surface area contributed by atoms with E-state index in [1.54, 1.807) is 4.90 Å². The predicted molar refractivity (Wildman–Crippen MR) is 109 cm³/mol. The molecule has 1 aromatic carbocycles. The van der Waals surface area contributed by atoms with E-state index in [1.165, 1.54) is 28.4 Å². The summed E-state index contributed by atoms with van der Waals surface area (Å²) in [5, 5.41) is 11.6. The number of benzene rings is 1. The number of anilines is 1. The van der Waals surface area contributed by atoms with Gasteiger partial charge in [-0.25, -0.2) is 4.98 Å². The highest BCUT2D eigenvalue weighted by molar-refractivity contribution is 7.22. The number of thiazole rings is 1. The van der Waals surface area contributed by atoms with Crippen LogP contribution in [0.2, 0.25) is 0 Å². The zero-order chi connectivity index (χ0) is 19.6. The first-order chi connectivity index (χ1) is 12.9. The molecule has 9 heteroatoms. The van der Waals surface area contributed by atoms with Crippen molar-refractivity contribution in [2.24, 2.45) is 0 Å². The maximum absolute atomic E-state index is 13.1. The highest BCUT2D eigenvalue weighted by Crippen LogP contribution is 2.33. The van der Waals surface area contributed by atoms with Crippen LogP contribution in [0.5, 0.6) is 0 Å². The minimum atomic E-state index is -0.470. The molecule has 0 saturated carbocycles. The van der Waals surface area contributed by atoms with Gasteiger partial charge in [0.2, 0.25) is 0 Å². The summed E-state index contributed by atoms with van der Waals surface area (Å²) in [5.41, 5.74) is 1.96. The third-order valence-electron chi connectivity index (χ3n) is 4.13. The number of hydrogen-bond donors (Lipinski definition) is 1. The van der Waals surface area contributed by atoms with E-state index in [1.807, 2.05) is 25.1 Å². The van der Waals surface area contributed by atoms with Crippen molar-refractivity contribution in [1.82, 2.24) is 4.98 Å². The molecule has 0 fully saturated rings. The Bertz CT molecular complexity index is 980. The second-order valence-electron chi connectivity index (χ2n) is 6.58. The van der Waals surface area contributed by atoms with Crippen LogP contribution in [0.25, 0.3) is 10.2 Å². The zero-order valence-corrected chi connectivity index (χ0v) is 17.0. The normalized spacial score (nSPS) is 11.3. The molecule has 0 saturated heterocycles. The lowest BCUT2D eigenvalue weighted by Gasteiger charge is -2.19. The summed E-state index contributed by atoms with van der Waals surface area (Å²) >= 11 is 2.38. The lowest BCUT2D eigenvalue weighted by molar-refractivity contribution is -0.858. The molecule has 3 aromatic rings. The summed E-state index contributed by atoms with van der Waals surface area (Å²) in [4.78, 5) is 31.6. The van der Waals surface area contributed by atoms with Gasteiger partial charge in [-0.1, -0.05) is 34.8 Å². The molecule has 3 rings (SSSR count). The Morgan fingerprint density at radius 3 is 2.67 bits per heavy atom. The Morgan fingerprint density at radius 1 is 1.26 bits per heavy atom. The summed E-state index contributed by atoms with van der Waals surface area (Å²) in [6.07, 6.45) is 0.816. The van der Waals surface area contributed by atoms with Crippen LogP contribution in [0.4, 0.5) is 10.1 Å². The molecule has 2 heterocycles. The van der Waals surface area contributed by atoms with Crippen molar-refractivity contribution in [1.29, 1.82) is 0 Å². The Morgan fingerprint density at radius 2 is 2.04 bits per heavy atom. The number of nitrogens with one attached hydrogen (secondary N) is 1. The molecule has 7 nitrogen and oxygen atoms in total. The van der Waals surface area contributed by atoms with Crippen molar-refractivity contribution < 1.29 is 14.6 Å². The van der Waals surface area contributed by atoms with Gasteiger partial charge < -0.3 is 4.90 Å². The first-order valence-electron chi connectivity index (χ1n) is 8.58. The molecule has 2 aromatic heterocycles. The van der Waals surface area contributed by atoms with Gasteiger partial charge in [-0.2, -0.15) is 0 Å². The van der Waals surface area contributed by atoms with E-state index in [-0.39, 0.29) is 10.9 Å². The third kappa shape index (κ3) is 4.32. The average molecular weight is 406 g/mol. The molecule has 27 heavy (non-hydrogen) atoms. The Labute approximate surface area is 165 Å². The van der Waals surface area contributed by atoms with Crippen LogP contribution in [0, 0.1) is 17.0 Å². The number of para-hydroxylation sites is 1. The number of amides is 1. The van der Waals surface area contributed by atoms with Gasteiger partial charge in [0.1, 0.15) is 0 Å². The smallest absolute Gasteiger partial charge is 0.324 e. The largest absolute Gasteiger partial charge is 0.340 e. The minimum absolute atomic E-state index is 0.0313. The lowest BCUT2D eigenvalue weighted by Crippen LogP contribution is -3.05. The maximum Gasteiger partial charge on any atom is 0.324 e. The number of quaternary nitrogens is 1. The number of hydrogen-bond acceptors (Lipinski definition) is 6. The van der Waals surface area contributed by atoms with Crippen LogP contribution >= 0.6 is 22.7 Å². The van der Waals surface area contributed by atoms with E-state index in [0.29, 0.717) is 16.6 Å². The summed E-state index contributed by atoms with van der Waals surface area (Å²) in [6, 6.07) is 8.86. The van der Waals surface area contributed by atoms with Crippen LogP contribution in [-0.4, -0.2) is 43.0 Å². The SMILES string of the molecule is Cc1cccc2sc(N(CCC[NH+](C)C)C(=O)c3ccc([N+](=O)[O-])s3)nc12. The molecule has 0 radical (unpaired) electrons. The molecule has 0 bridgehead atoms. The first kappa shape index (κ1) is 19.4. The fourth-order valence-corrected chi connectivity index (χ4v) is 4.58. The fourth-order valence-electron chi connectivity index (χ4n) is 2.74. The monoisotopic (exact) mass is 405 g/mol. The second kappa shape index (κ2) is 8.12. The lowest BCUT2D eigenvalue weighted by atomic mass is 10.2. The minimum Gasteiger partial charge on any atom is -0.340 e. The quantitative estimate of drug-likeness (QED) is 0.484. The number of rotatable bonds is 7. The molecule has 0 spiro atoms. The topological polar surface area (TPSA) is 80.8 Å². The highest BCUT2D eigenvalue weighted by Gasteiger charge is 2.25. The molecule has 0 aliphatic rings. The molecule has 0 aliphatic heterocycles. The van der Waals surface area contributed by atoms with Crippen LogP contribution in [0.15, 0.2) is 30.3 Å². The summed E-state index contributed by atoms with van der Waals surface area (Å²) in [6.45, 7) is 3.43. The van der Waals surface area contributed by atoms with Gasteiger partial charge in [-0.15, -0.1) is 0 Å². The molecule has 0 atom stereocenters. The summed E-state index contributed by atoms with van der Waals surface area (Å²) in [5.74, 6) is -0.237. The number of fused-ring (bicyclic) bond motifs is 1. The third-order valence-corrected chi connectivity index (χ3v) is 6.20. The van der Waals surface area contributed by atoms with Crippen LogP contribution in [0.1, 0.15) is 21.7 Å². The zero-order valence-electron chi connectivity index (χ0n) is 15.4. The van der Waals surface area contributed by atoms with Gasteiger partial charge in [-0.3, -0.25) is 19.8 Å². The molecule has 0 unspecified atom stereocenters. The van der Waals surface area contributed by atoms with Gasteiger partial charge in [-0.05, 0) is 24.6 Å².